The van der Waals surface area contributed by atoms with Crippen molar-refractivity contribution in [2.75, 3.05) is 35.2 Å². The van der Waals surface area contributed by atoms with Crippen LogP contribution in [0.3, 0.4) is 0 Å². The molecule has 2 rings (SSSR count). The Bertz CT molecular complexity index is 432. The Morgan fingerprint density at radius 2 is 2.11 bits per heavy atom. The number of ether oxygens (including phenoxy) is 1. The third kappa shape index (κ3) is 3.69. The second-order valence-corrected chi connectivity index (χ2v) is 6.19. The van der Waals surface area contributed by atoms with Crippen LogP contribution in [0.5, 0.6) is 5.75 Å². The molecule has 0 aliphatic carbocycles. The Labute approximate surface area is 118 Å². The van der Waals surface area contributed by atoms with E-state index in [1.54, 1.807) is 6.07 Å². The summed E-state index contributed by atoms with van der Waals surface area (Å²) in [6.07, 6.45) is 1.08. The molecule has 1 aromatic carbocycles. The van der Waals surface area contributed by atoms with Gasteiger partial charge in [0.2, 0.25) is 0 Å². The Kier molecular flexibility index (Phi) is 4.80. The van der Waals surface area contributed by atoms with E-state index >= 15 is 0 Å². The molecule has 0 radical (unpaired) electrons. The minimum atomic E-state index is -0.390. The van der Waals surface area contributed by atoms with Gasteiger partial charge in [0.25, 0.3) is 0 Å². The maximum absolute atomic E-state index is 13.8. The van der Waals surface area contributed by atoms with Crippen molar-refractivity contribution in [3.05, 3.63) is 17.9 Å². The molecule has 1 aliphatic rings. The van der Waals surface area contributed by atoms with Crippen LogP contribution in [0.4, 0.5) is 15.8 Å². The lowest BCUT2D eigenvalue weighted by molar-refractivity contribution is 0.231. The summed E-state index contributed by atoms with van der Waals surface area (Å²) in [5.74, 6) is 2.15. The van der Waals surface area contributed by atoms with E-state index < -0.39 is 0 Å². The highest BCUT2D eigenvalue weighted by molar-refractivity contribution is 7.99. The zero-order valence-electron chi connectivity index (χ0n) is 11.5. The standard InChI is InChI=1S/C14H21FN2OS/c1-10(2)18-14-9-13(12(16)8-11(14)15)17-4-3-6-19-7-5-17/h8-10H,3-7,16H2,1-2H3. The fourth-order valence-corrected chi connectivity index (χ4v) is 3.05. The molecule has 2 N–H and O–H groups in total. The van der Waals surface area contributed by atoms with Crippen molar-refractivity contribution < 1.29 is 9.13 Å². The maximum Gasteiger partial charge on any atom is 0.167 e. The van der Waals surface area contributed by atoms with E-state index in [0.717, 1.165) is 31.0 Å². The SMILES string of the molecule is CC(C)Oc1cc(N2CCCSCC2)c(N)cc1F. The lowest BCUT2D eigenvalue weighted by atomic mass is 10.2. The molecule has 1 fully saturated rings. The number of nitrogens with zero attached hydrogens (tertiary/aromatic N) is 1. The van der Waals surface area contributed by atoms with Gasteiger partial charge in [-0.1, -0.05) is 0 Å². The summed E-state index contributed by atoms with van der Waals surface area (Å²) in [5.41, 5.74) is 7.33. The fourth-order valence-electron chi connectivity index (χ4n) is 2.16. The molecule has 0 unspecified atom stereocenters. The first kappa shape index (κ1) is 14.3. The molecule has 1 aromatic rings. The number of hydrogen-bond acceptors (Lipinski definition) is 4. The van der Waals surface area contributed by atoms with Gasteiger partial charge in [-0.25, -0.2) is 4.39 Å². The Morgan fingerprint density at radius 1 is 1.32 bits per heavy atom. The molecule has 0 bridgehead atoms. The van der Waals surface area contributed by atoms with Gasteiger partial charge >= 0.3 is 0 Å². The fraction of sp³-hybridized carbons (Fsp3) is 0.571. The van der Waals surface area contributed by atoms with Crippen LogP contribution in [0.1, 0.15) is 20.3 Å². The van der Waals surface area contributed by atoms with Crippen LogP contribution in [0.15, 0.2) is 12.1 Å². The van der Waals surface area contributed by atoms with Gasteiger partial charge in [0, 0.05) is 31.0 Å². The molecule has 1 aliphatic heterocycles. The van der Waals surface area contributed by atoms with Crippen LogP contribution >= 0.6 is 11.8 Å². The van der Waals surface area contributed by atoms with E-state index in [1.807, 2.05) is 25.6 Å². The zero-order valence-corrected chi connectivity index (χ0v) is 12.3. The molecule has 0 amide bonds. The van der Waals surface area contributed by atoms with E-state index in [9.17, 15) is 4.39 Å². The summed E-state index contributed by atoms with van der Waals surface area (Å²) >= 11 is 1.95. The molecule has 0 spiro atoms. The Balaban J connectivity index is 2.27. The zero-order chi connectivity index (χ0) is 13.8. The summed E-state index contributed by atoms with van der Waals surface area (Å²) in [4.78, 5) is 2.22. The first-order valence-electron chi connectivity index (χ1n) is 6.66. The van der Waals surface area contributed by atoms with E-state index in [4.69, 9.17) is 10.5 Å². The molecular weight excluding hydrogens is 263 g/mol. The van der Waals surface area contributed by atoms with E-state index in [1.165, 1.54) is 11.8 Å². The third-order valence-electron chi connectivity index (χ3n) is 3.01. The maximum atomic E-state index is 13.8. The molecule has 0 saturated carbocycles. The van der Waals surface area contributed by atoms with Crippen molar-refractivity contribution in [2.24, 2.45) is 0 Å². The quantitative estimate of drug-likeness (QED) is 0.865. The van der Waals surface area contributed by atoms with Crippen molar-refractivity contribution in [1.82, 2.24) is 0 Å². The molecule has 19 heavy (non-hydrogen) atoms. The number of anilines is 2. The highest BCUT2D eigenvalue weighted by atomic mass is 32.2. The van der Waals surface area contributed by atoms with Crippen molar-refractivity contribution in [1.29, 1.82) is 0 Å². The number of thioether (sulfide) groups is 1. The Hall–Kier alpha value is -1.10. The molecular formula is C14H21FN2OS. The van der Waals surface area contributed by atoms with E-state index in [0.29, 0.717) is 5.69 Å². The third-order valence-corrected chi connectivity index (χ3v) is 4.06. The van der Waals surface area contributed by atoms with Crippen molar-refractivity contribution >= 4 is 23.1 Å². The molecule has 1 heterocycles. The predicted octanol–water partition coefficient (Wildman–Crippen LogP) is 3.14. The van der Waals surface area contributed by atoms with Crippen LogP contribution in [0.2, 0.25) is 0 Å². The van der Waals surface area contributed by atoms with Gasteiger partial charge in [0.05, 0.1) is 17.5 Å². The monoisotopic (exact) mass is 284 g/mol. The first-order valence-corrected chi connectivity index (χ1v) is 7.81. The van der Waals surface area contributed by atoms with Crippen molar-refractivity contribution in [2.45, 2.75) is 26.4 Å². The number of nitrogen functional groups attached to an aromatic ring is 1. The highest BCUT2D eigenvalue weighted by Gasteiger charge is 2.17. The van der Waals surface area contributed by atoms with Gasteiger partial charge < -0.3 is 15.4 Å². The first-order chi connectivity index (χ1) is 9.08. The number of nitrogens with two attached hydrogens (primary N) is 1. The normalized spacial score (nSPS) is 16.5. The molecule has 3 nitrogen and oxygen atoms in total. The van der Waals surface area contributed by atoms with Crippen LogP contribution in [0, 0.1) is 5.82 Å². The van der Waals surface area contributed by atoms with Gasteiger partial charge in [-0.2, -0.15) is 11.8 Å². The lowest BCUT2D eigenvalue weighted by Gasteiger charge is -2.25. The van der Waals surface area contributed by atoms with Crippen LogP contribution in [0.25, 0.3) is 0 Å². The van der Waals surface area contributed by atoms with Gasteiger partial charge in [-0.15, -0.1) is 0 Å². The minimum Gasteiger partial charge on any atom is -0.488 e. The summed E-state index contributed by atoms with van der Waals surface area (Å²) in [6.45, 7) is 5.68. The average molecular weight is 284 g/mol. The summed E-state index contributed by atoms with van der Waals surface area (Å²) in [5, 5.41) is 0. The van der Waals surface area contributed by atoms with Crippen LogP contribution in [-0.4, -0.2) is 30.7 Å². The summed E-state index contributed by atoms with van der Waals surface area (Å²) < 4.78 is 19.3. The van der Waals surface area contributed by atoms with Crippen molar-refractivity contribution in [3.8, 4) is 5.75 Å². The highest BCUT2D eigenvalue weighted by Crippen LogP contribution is 2.32. The topological polar surface area (TPSA) is 38.5 Å². The number of hydrogen-bond donors (Lipinski definition) is 1. The van der Waals surface area contributed by atoms with Gasteiger partial charge in [0.1, 0.15) is 0 Å². The van der Waals surface area contributed by atoms with Crippen LogP contribution in [-0.2, 0) is 0 Å². The lowest BCUT2D eigenvalue weighted by Crippen LogP contribution is -2.26. The predicted molar refractivity (Wildman–Crippen MR) is 80.7 cm³/mol. The number of rotatable bonds is 3. The van der Waals surface area contributed by atoms with Crippen LogP contribution < -0.4 is 15.4 Å². The molecule has 0 atom stereocenters. The Morgan fingerprint density at radius 3 is 2.84 bits per heavy atom. The minimum absolute atomic E-state index is 0.0503. The van der Waals surface area contributed by atoms with Gasteiger partial charge in [-0.3, -0.25) is 0 Å². The molecule has 0 aromatic heterocycles. The average Bonchev–Trinajstić information content (AvgIpc) is 2.61. The largest absolute Gasteiger partial charge is 0.488 e. The molecule has 1 saturated heterocycles. The summed E-state index contributed by atoms with van der Waals surface area (Å²) in [6, 6.07) is 3.10. The molecule has 5 heteroatoms. The molecule has 106 valence electrons. The smallest absolute Gasteiger partial charge is 0.167 e. The second kappa shape index (κ2) is 6.37. The van der Waals surface area contributed by atoms with Gasteiger partial charge in [-0.05, 0) is 26.0 Å². The van der Waals surface area contributed by atoms with E-state index in [-0.39, 0.29) is 17.7 Å². The van der Waals surface area contributed by atoms with Gasteiger partial charge in [0.15, 0.2) is 11.6 Å². The second-order valence-electron chi connectivity index (χ2n) is 4.96. The summed E-state index contributed by atoms with van der Waals surface area (Å²) in [7, 11) is 0. The van der Waals surface area contributed by atoms with E-state index in [2.05, 4.69) is 4.90 Å². The van der Waals surface area contributed by atoms with Crippen molar-refractivity contribution in [3.63, 3.8) is 0 Å². The number of benzene rings is 1. The number of halogens is 1.